The first-order valence-corrected chi connectivity index (χ1v) is 7.65. The SMILES string of the molecule is Cc1ccccc1C(=O)NCCNc1ccc(-n2cccn2)nn1. The van der Waals surface area contributed by atoms with E-state index in [4.69, 9.17) is 0 Å². The van der Waals surface area contributed by atoms with E-state index in [1.54, 1.807) is 17.1 Å². The van der Waals surface area contributed by atoms with Crippen molar-refractivity contribution in [1.29, 1.82) is 0 Å². The Balaban J connectivity index is 1.47. The molecule has 0 saturated carbocycles. The molecule has 7 nitrogen and oxygen atoms in total. The first-order valence-electron chi connectivity index (χ1n) is 7.65. The van der Waals surface area contributed by atoms with Gasteiger partial charge in [-0.1, -0.05) is 18.2 Å². The molecule has 3 rings (SSSR count). The molecule has 3 aromatic rings. The lowest BCUT2D eigenvalue weighted by molar-refractivity contribution is 0.0954. The van der Waals surface area contributed by atoms with Gasteiger partial charge in [0.15, 0.2) is 5.82 Å². The number of rotatable bonds is 6. The molecule has 2 heterocycles. The number of carbonyl (C=O) groups excluding carboxylic acids is 1. The van der Waals surface area contributed by atoms with E-state index < -0.39 is 0 Å². The summed E-state index contributed by atoms with van der Waals surface area (Å²) in [6.45, 7) is 2.98. The average molecular weight is 322 g/mol. The van der Waals surface area contributed by atoms with Crippen molar-refractivity contribution in [3.63, 3.8) is 0 Å². The van der Waals surface area contributed by atoms with Crippen molar-refractivity contribution < 1.29 is 4.79 Å². The zero-order valence-corrected chi connectivity index (χ0v) is 13.3. The van der Waals surface area contributed by atoms with Crippen LogP contribution in [0.5, 0.6) is 0 Å². The van der Waals surface area contributed by atoms with Crippen LogP contribution >= 0.6 is 0 Å². The summed E-state index contributed by atoms with van der Waals surface area (Å²) in [5.74, 6) is 1.23. The normalized spacial score (nSPS) is 10.4. The molecule has 0 fully saturated rings. The molecule has 0 bridgehead atoms. The van der Waals surface area contributed by atoms with Crippen LogP contribution in [-0.4, -0.2) is 39.0 Å². The molecule has 0 radical (unpaired) electrons. The minimum absolute atomic E-state index is 0.0741. The quantitative estimate of drug-likeness (QED) is 0.676. The highest BCUT2D eigenvalue weighted by molar-refractivity contribution is 5.95. The summed E-state index contributed by atoms with van der Waals surface area (Å²) in [4.78, 5) is 12.1. The lowest BCUT2D eigenvalue weighted by Crippen LogP contribution is -2.29. The molecular weight excluding hydrogens is 304 g/mol. The van der Waals surface area contributed by atoms with Crippen LogP contribution in [-0.2, 0) is 0 Å². The summed E-state index contributed by atoms with van der Waals surface area (Å²) in [5.41, 5.74) is 1.66. The van der Waals surface area contributed by atoms with Crippen molar-refractivity contribution in [3.05, 3.63) is 66.0 Å². The molecule has 2 N–H and O–H groups in total. The average Bonchev–Trinajstić information content (AvgIpc) is 3.14. The fourth-order valence-electron chi connectivity index (χ4n) is 2.24. The Bertz CT molecular complexity index is 798. The van der Waals surface area contributed by atoms with Crippen LogP contribution in [0.15, 0.2) is 54.9 Å². The van der Waals surface area contributed by atoms with E-state index in [9.17, 15) is 4.79 Å². The van der Waals surface area contributed by atoms with E-state index in [1.165, 1.54) is 0 Å². The fraction of sp³-hybridized carbons (Fsp3) is 0.176. The van der Waals surface area contributed by atoms with Gasteiger partial charge in [0.05, 0.1) is 0 Å². The molecule has 122 valence electrons. The van der Waals surface area contributed by atoms with Gasteiger partial charge in [0.25, 0.3) is 5.91 Å². The van der Waals surface area contributed by atoms with Crippen LogP contribution in [0.1, 0.15) is 15.9 Å². The third-order valence-electron chi connectivity index (χ3n) is 3.50. The number of anilines is 1. The Morgan fingerprint density at radius 2 is 1.96 bits per heavy atom. The molecule has 0 atom stereocenters. The highest BCUT2D eigenvalue weighted by atomic mass is 16.1. The largest absolute Gasteiger partial charge is 0.367 e. The van der Waals surface area contributed by atoms with Crippen LogP contribution in [0.4, 0.5) is 5.82 Å². The highest BCUT2D eigenvalue weighted by Gasteiger charge is 2.07. The molecule has 24 heavy (non-hydrogen) atoms. The lowest BCUT2D eigenvalue weighted by atomic mass is 10.1. The molecular formula is C17H18N6O. The summed E-state index contributed by atoms with van der Waals surface area (Å²) in [7, 11) is 0. The number of aryl methyl sites for hydroxylation is 1. The lowest BCUT2D eigenvalue weighted by Gasteiger charge is -2.09. The zero-order chi connectivity index (χ0) is 16.8. The molecule has 1 aromatic carbocycles. The van der Waals surface area contributed by atoms with Gasteiger partial charge < -0.3 is 10.6 Å². The number of nitrogens with zero attached hydrogens (tertiary/aromatic N) is 4. The maximum Gasteiger partial charge on any atom is 0.251 e. The van der Waals surface area contributed by atoms with Crippen LogP contribution < -0.4 is 10.6 Å². The van der Waals surface area contributed by atoms with Crippen LogP contribution in [0.2, 0.25) is 0 Å². The van der Waals surface area contributed by atoms with E-state index in [-0.39, 0.29) is 5.91 Å². The van der Waals surface area contributed by atoms with Gasteiger partial charge in [-0.05, 0) is 36.8 Å². The van der Waals surface area contributed by atoms with Crippen molar-refractivity contribution in [2.75, 3.05) is 18.4 Å². The third kappa shape index (κ3) is 3.75. The monoisotopic (exact) mass is 322 g/mol. The molecule has 0 aliphatic heterocycles. The smallest absolute Gasteiger partial charge is 0.251 e. The Hall–Kier alpha value is -3.22. The minimum Gasteiger partial charge on any atom is -0.367 e. The molecule has 0 aliphatic rings. The number of aromatic nitrogens is 4. The predicted octanol–water partition coefficient (Wildman–Crippen LogP) is 1.81. The van der Waals surface area contributed by atoms with Crippen LogP contribution in [0.3, 0.4) is 0 Å². The van der Waals surface area contributed by atoms with Gasteiger partial charge in [-0.25, -0.2) is 4.68 Å². The molecule has 1 amide bonds. The van der Waals surface area contributed by atoms with E-state index >= 15 is 0 Å². The van der Waals surface area contributed by atoms with Crippen molar-refractivity contribution in [3.8, 4) is 5.82 Å². The molecule has 2 aromatic heterocycles. The van der Waals surface area contributed by atoms with Gasteiger partial charge in [-0.2, -0.15) is 5.10 Å². The van der Waals surface area contributed by atoms with Gasteiger partial charge in [0.1, 0.15) is 5.82 Å². The standard InChI is InChI=1S/C17H18N6O/c1-13-5-2-3-6-14(13)17(24)19-11-10-18-15-7-8-16(22-21-15)23-12-4-9-20-23/h2-9,12H,10-11H2,1H3,(H,18,21)(H,19,24). The predicted molar refractivity (Wildman–Crippen MR) is 91.2 cm³/mol. The Morgan fingerprint density at radius 3 is 2.67 bits per heavy atom. The maximum atomic E-state index is 12.1. The first-order chi connectivity index (χ1) is 11.7. The number of nitrogens with one attached hydrogen (secondary N) is 2. The number of benzene rings is 1. The van der Waals surface area contributed by atoms with Gasteiger partial charge in [0, 0.05) is 31.0 Å². The Morgan fingerprint density at radius 1 is 1.08 bits per heavy atom. The summed E-state index contributed by atoms with van der Waals surface area (Å²) in [6, 6.07) is 13.0. The molecule has 7 heteroatoms. The van der Waals surface area contributed by atoms with Crippen molar-refractivity contribution in [1.82, 2.24) is 25.3 Å². The second-order valence-electron chi connectivity index (χ2n) is 5.23. The second kappa shape index (κ2) is 7.36. The number of hydrogen-bond acceptors (Lipinski definition) is 5. The van der Waals surface area contributed by atoms with Gasteiger partial charge in [0.2, 0.25) is 0 Å². The summed E-state index contributed by atoms with van der Waals surface area (Å²) in [5, 5.41) is 18.3. The molecule has 0 aliphatic carbocycles. The van der Waals surface area contributed by atoms with Crippen molar-refractivity contribution >= 4 is 11.7 Å². The summed E-state index contributed by atoms with van der Waals surface area (Å²) < 4.78 is 1.64. The van der Waals surface area contributed by atoms with Crippen molar-refractivity contribution in [2.45, 2.75) is 6.92 Å². The van der Waals surface area contributed by atoms with Crippen molar-refractivity contribution in [2.24, 2.45) is 0 Å². The zero-order valence-electron chi connectivity index (χ0n) is 13.3. The number of amides is 1. The van der Waals surface area contributed by atoms with Gasteiger partial charge in [-0.3, -0.25) is 4.79 Å². The van der Waals surface area contributed by atoms with E-state index in [1.807, 2.05) is 49.4 Å². The van der Waals surface area contributed by atoms with Crippen LogP contribution in [0, 0.1) is 6.92 Å². The van der Waals surface area contributed by atoms with E-state index in [2.05, 4.69) is 25.9 Å². The topological polar surface area (TPSA) is 84.7 Å². The summed E-state index contributed by atoms with van der Waals surface area (Å²) >= 11 is 0. The van der Waals surface area contributed by atoms with Gasteiger partial charge >= 0.3 is 0 Å². The highest BCUT2D eigenvalue weighted by Crippen LogP contribution is 2.07. The van der Waals surface area contributed by atoms with E-state index in [0.717, 1.165) is 5.56 Å². The Labute approximate surface area is 139 Å². The molecule has 0 saturated heterocycles. The maximum absolute atomic E-state index is 12.1. The minimum atomic E-state index is -0.0741. The molecule has 0 spiro atoms. The van der Waals surface area contributed by atoms with E-state index in [0.29, 0.717) is 30.3 Å². The number of carbonyl (C=O) groups is 1. The first kappa shape index (κ1) is 15.7. The second-order valence-corrected chi connectivity index (χ2v) is 5.23. The summed E-state index contributed by atoms with van der Waals surface area (Å²) in [6.07, 6.45) is 3.49. The van der Waals surface area contributed by atoms with Crippen LogP contribution in [0.25, 0.3) is 5.82 Å². The van der Waals surface area contributed by atoms with Gasteiger partial charge in [-0.15, -0.1) is 10.2 Å². The number of hydrogen-bond donors (Lipinski definition) is 2. The third-order valence-corrected chi connectivity index (χ3v) is 3.50. The fourth-order valence-corrected chi connectivity index (χ4v) is 2.24. The Kier molecular flexibility index (Phi) is 4.81. The molecule has 0 unspecified atom stereocenters.